The van der Waals surface area contributed by atoms with Gasteiger partial charge in [-0.2, -0.15) is 0 Å². The topological polar surface area (TPSA) is 35.2 Å². The molecule has 1 aliphatic carbocycles. The lowest BCUT2D eigenvalue weighted by Crippen LogP contribution is -2.21. The molecule has 2 N–H and O–H groups in total. The second-order valence-corrected chi connectivity index (χ2v) is 5.48. The predicted molar refractivity (Wildman–Crippen MR) is 71.6 cm³/mol. The summed E-state index contributed by atoms with van der Waals surface area (Å²) in [6.07, 6.45) is 4.76. The van der Waals surface area contributed by atoms with E-state index in [9.17, 15) is 0 Å². The zero-order valence-electron chi connectivity index (χ0n) is 10.3. The van der Waals surface area contributed by atoms with E-state index in [1.807, 2.05) is 25.1 Å². The summed E-state index contributed by atoms with van der Waals surface area (Å²) < 4.78 is 5.88. The molecule has 0 amide bonds. The molecule has 1 atom stereocenters. The van der Waals surface area contributed by atoms with E-state index in [-0.39, 0.29) is 6.04 Å². The highest BCUT2D eigenvalue weighted by Gasteiger charge is 2.18. The van der Waals surface area contributed by atoms with Crippen LogP contribution in [0, 0.1) is 5.92 Å². The number of ether oxygens (including phenoxy) is 1. The summed E-state index contributed by atoms with van der Waals surface area (Å²) in [4.78, 5) is 0. The van der Waals surface area contributed by atoms with Crippen LogP contribution in [0.3, 0.4) is 0 Å². The van der Waals surface area contributed by atoms with Crippen molar-refractivity contribution >= 4 is 11.6 Å². The van der Waals surface area contributed by atoms with Crippen molar-refractivity contribution in [2.24, 2.45) is 11.7 Å². The van der Waals surface area contributed by atoms with Gasteiger partial charge in [0.15, 0.2) is 0 Å². The van der Waals surface area contributed by atoms with Crippen LogP contribution in [0.2, 0.25) is 5.02 Å². The molecular weight excluding hydrogens is 234 g/mol. The van der Waals surface area contributed by atoms with Gasteiger partial charge in [0.25, 0.3) is 0 Å². The Balaban J connectivity index is 2.02. The molecule has 0 spiro atoms. The predicted octanol–water partition coefficient (Wildman–Crippen LogP) is 3.41. The molecule has 1 fully saturated rings. The van der Waals surface area contributed by atoms with E-state index in [0.717, 1.165) is 35.3 Å². The fourth-order valence-electron chi connectivity index (χ4n) is 2.06. The maximum absolute atomic E-state index is 6.01. The van der Waals surface area contributed by atoms with E-state index >= 15 is 0 Å². The van der Waals surface area contributed by atoms with Gasteiger partial charge in [-0.3, -0.25) is 0 Å². The van der Waals surface area contributed by atoms with Crippen molar-refractivity contribution in [1.82, 2.24) is 0 Å². The Morgan fingerprint density at radius 3 is 2.82 bits per heavy atom. The lowest BCUT2D eigenvalue weighted by molar-refractivity contribution is 0.179. The van der Waals surface area contributed by atoms with Gasteiger partial charge >= 0.3 is 0 Å². The zero-order valence-corrected chi connectivity index (χ0v) is 11.0. The van der Waals surface area contributed by atoms with Crippen molar-refractivity contribution in [3.63, 3.8) is 0 Å². The Hall–Kier alpha value is -0.730. The van der Waals surface area contributed by atoms with Crippen LogP contribution < -0.4 is 10.5 Å². The molecule has 1 aromatic carbocycles. The lowest BCUT2D eigenvalue weighted by Gasteiger charge is -2.26. The second kappa shape index (κ2) is 5.74. The molecule has 94 valence electrons. The average molecular weight is 254 g/mol. The van der Waals surface area contributed by atoms with Crippen LogP contribution in [0.15, 0.2) is 18.2 Å². The zero-order chi connectivity index (χ0) is 12.3. The highest BCUT2D eigenvalue weighted by molar-refractivity contribution is 6.30. The molecule has 0 heterocycles. The molecule has 1 saturated carbocycles. The van der Waals surface area contributed by atoms with E-state index in [1.54, 1.807) is 0 Å². The minimum absolute atomic E-state index is 0.125. The minimum atomic E-state index is 0.125. The molecule has 2 rings (SSSR count). The van der Waals surface area contributed by atoms with Crippen LogP contribution >= 0.6 is 11.6 Å². The Bertz CT molecular complexity index is 374. The summed E-state index contributed by atoms with van der Waals surface area (Å²) in [5.74, 6) is 1.69. The van der Waals surface area contributed by atoms with E-state index < -0.39 is 0 Å². The van der Waals surface area contributed by atoms with Crippen molar-refractivity contribution in [3.05, 3.63) is 28.8 Å². The van der Waals surface area contributed by atoms with Gasteiger partial charge in [-0.25, -0.2) is 0 Å². The molecule has 0 radical (unpaired) electrons. The third kappa shape index (κ3) is 3.62. The van der Waals surface area contributed by atoms with E-state index in [4.69, 9.17) is 22.1 Å². The Kier molecular flexibility index (Phi) is 4.30. The summed E-state index contributed by atoms with van der Waals surface area (Å²) in [5.41, 5.74) is 6.96. The molecule has 1 aromatic rings. The molecule has 1 aliphatic rings. The van der Waals surface area contributed by atoms with Gasteiger partial charge in [0.1, 0.15) is 5.75 Å². The number of halogens is 1. The second-order valence-electron chi connectivity index (χ2n) is 5.04. The highest BCUT2D eigenvalue weighted by atomic mass is 35.5. The Morgan fingerprint density at radius 2 is 2.24 bits per heavy atom. The fraction of sp³-hybridized carbons (Fsp3) is 0.571. The number of hydrogen-bond acceptors (Lipinski definition) is 2. The minimum Gasteiger partial charge on any atom is -0.493 e. The highest BCUT2D eigenvalue weighted by Crippen LogP contribution is 2.29. The summed E-state index contributed by atoms with van der Waals surface area (Å²) in [5, 5.41) is 0.747. The largest absolute Gasteiger partial charge is 0.493 e. The summed E-state index contributed by atoms with van der Waals surface area (Å²) in [6.45, 7) is 2.82. The van der Waals surface area contributed by atoms with Gasteiger partial charge in [0, 0.05) is 11.1 Å². The van der Waals surface area contributed by atoms with E-state index in [0.29, 0.717) is 0 Å². The summed E-state index contributed by atoms with van der Waals surface area (Å²) >= 11 is 6.01. The monoisotopic (exact) mass is 253 g/mol. The van der Waals surface area contributed by atoms with Gasteiger partial charge < -0.3 is 10.5 Å². The molecule has 17 heavy (non-hydrogen) atoms. The quantitative estimate of drug-likeness (QED) is 0.873. The van der Waals surface area contributed by atoms with Crippen LogP contribution in [0.5, 0.6) is 5.75 Å². The number of rotatable bonds is 5. The van der Waals surface area contributed by atoms with Crippen LogP contribution in [0.25, 0.3) is 0 Å². The first-order chi connectivity index (χ1) is 8.15. The van der Waals surface area contributed by atoms with Crippen LogP contribution in [0.1, 0.15) is 31.7 Å². The van der Waals surface area contributed by atoms with Gasteiger partial charge in [-0.1, -0.05) is 18.0 Å². The third-order valence-corrected chi connectivity index (χ3v) is 3.50. The third-order valence-electron chi connectivity index (χ3n) is 3.26. The van der Waals surface area contributed by atoms with Crippen LogP contribution in [0.4, 0.5) is 0 Å². The first kappa shape index (κ1) is 12.7. The molecule has 0 aliphatic heterocycles. The maximum Gasteiger partial charge on any atom is 0.122 e. The van der Waals surface area contributed by atoms with Crippen molar-refractivity contribution in [2.75, 3.05) is 6.61 Å². The van der Waals surface area contributed by atoms with Crippen LogP contribution in [-0.4, -0.2) is 12.6 Å². The van der Waals surface area contributed by atoms with E-state index in [1.165, 1.54) is 19.3 Å². The van der Waals surface area contributed by atoms with E-state index in [2.05, 4.69) is 0 Å². The maximum atomic E-state index is 6.01. The van der Waals surface area contributed by atoms with Crippen molar-refractivity contribution in [3.8, 4) is 5.75 Å². The number of benzene rings is 1. The normalized spacial score (nSPS) is 17.6. The first-order valence-electron chi connectivity index (χ1n) is 6.32. The molecule has 0 saturated heterocycles. The molecule has 1 unspecified atom stereocenters. The Labute approximate surface area is 108 Å². The molecular formula is C14H20ClNO. The van der Waals surface area contributed by atoms with Gasteiger partial charge in [-0.05, 0) is 55.9 Å². The fourth-order valence-corrected chi connectivity index (χ4v) is 2.26. The van der Waals surface area contributed by atoms with Crippen LogP contribution in [-0.2, 0) is 6.42 Å². The Morgan fingerprint density at radius 1 is 1.47 bits per heavy atom. The molecule has 2 nitrogen and oxygen atoms in total. The average Bonchev–Trinajstić information content (AvgIpc) is 2.17. The molecule has 3 heteroatoms. The van der Waals surface area contributed by atoms with Gasteiger partial charge in [-0.15, -0.1) is 0 Å². The smallest absolute Gasteiger partial charge is 0.122 e. The number of nitrogens with two attached hydrogens (primary N) is 1. The SMILES string of the molecule is CC(N)Cc1cc(Cl)ccc1OCC1CCC1. The molecule has 0 bridgehead atoms. The number of hydrogen-bond donors (Lipinski definition) is 1. The first-order valence-corrected chi connectivity index (χ1v) is 6.70. The van der Waals surface area contributed by atoms with Crippen molar-refractivity contribution in [1.29, 1.82) is 0 Å². The lowest BCUT2D eigenvalue weighted by atomic mass is 9.86. The van der Waals surface area contributed by atoms with Gasteiger partial charge in [0.2, 0.25) is 0 Å². The van der Waals surface area contributed by atoms with Crippen molar-refractivity contribution < 1.29 is 4.74 Å². The standard InChI is InChI=1S/C14H20ClNO/c1-10(16)7-12-8-13(15)5-6-14(12)17-9-11-3-2-4-11/h5-6,8,10-11H,2-4,7,9,16H2,1H3. The van der Waals surface area contributed by atoms with Gasteiger partial charge in [0.05, 0.1) is 6.61 Å². The molecule has 0 aromatic heterocycles. The summed E-state index contributed by atoms with van der Waals surface area (Å²) in [7, 11) is 0. The van der Waals surface area contributed by atoms with Crippen molar-refractivity contribution in [2.45, 2.75) is 38.6 Å². The summed E-state index contributed by atoms with van der Waals surface area (Å²) in [6, 6.07) is 5.92.